The molecule has 0 radical (unpaired) electrons. The number of benzene rings is 1. The highest BCUT2D eigenvalue weighted by Crippen LogP contribution is 2.33. The molecule has 2 heterocycles. The number of carbonyl (C=O) groups excluding carboxylic acids is 2. The Hall–Kier alpha value is -1.54. The summed E-state index contributed by atoms with van der Waals surface area (Å²) >= 11 is 3.32. The van der Waals surface area contributed by atoms with E-state index >= 15 is 0 Å². The van der Waals surface area contributed by atoms with E-state index in [1.165, 1.54) is 16.2 Å². The van der Waals surface area contributed by atoms with Crippen molar-refractivity contribution in [1.82, 2.24) is 9.47 Å². The number of nitrogens with zero attached hydrogens (tertiary/aromatic N) is 2. The molecule has 3 rings (SSSR count). The van der Waals surface area contributed by atoms with E-state index in [9.17, 15) is 9.59 Å². The fraction of sp³-hybridized carbons (Fsp3) is 0.222. The van der Waals surface area contributed by atoms with E-state index in [0.29, 0.717) is 4.91 Å². The van der Waals surface area contributed by atoms with Crippen molar-refractivity contribution in [2.75, 3.05) is 7.05 Å². The third-order valence-electron chi connectivity index (χ3n) is 4.14. The molecule has 0 atom stereocenters. The molecule has 24 heavy (non-hydrogen) atoms. The van der Waals surface area contributed by atoms with Gasteiger partial charge in [0, 0.05) is 27.7 Å². The predicted molar refractivity (Wildman–Crippen MR) is 106 cm³/mol. The van der Waals surface area contributed by atoms with Crippen LogP contribution in [0.5, 0.6) is 0 Å². The zero-order valence-electron chi connectivity index (χ0n) is 13.9. The zero-order chi connectivity index (χ0) is 17.6. The molecule has 0 N–H and O–H groups in total. The van der Waals surface area contributed by atoms with E-state index < -0.39 is 0 Å². The van der Waals surface area contributed by atoms with E-state index in [1.807, 2.05) is 26.0 Å². The quantitative estimate of drug-likeness (QED) is 0.491. The van der Waals surface area contributed by atoms with Crippen LogP contribution in [0.4, 0.5) is 4.79 Å². The minimum atomic E-state index is -0.236. The zero-order valence-corrected chi connectivity index (χ0v) is 16.9. The van der Waals surface area contributed by atoms with Crippen molar-refractivity contribution in [2.24, 2.45) is 0 Å². The summed E-state index contributed by atoms with van der Waals surface area (Å²) in [5.41, 5.74) is 5.44. The lowest BCUT2D eigenvalue weighted by molar-refractivity contribution is -0.121. The van der Waals surface area contributed by atoms with Crippen molar-refractivity contribution >= 4 is 51.6 Å². The summed E-state index contributed by atoms with van der Waals surface area (Å²) in [4.78, 5) is 25.4. The van der Waals surface area contributed by atoms with Gasteiger partial charge < -0.3 is 4.57 Å². The number of aryl methyl sites for hydroxylation is 2. The van der Waals surface area contributed by atoms with Crippen LogP contribution in [-0.2, 0) is 4.79 Å². The Balaban J connectivity index is 2.06. The highest BCUT2D eigenvalue weighted by Gasteiger charge is 2.32. The SMILES string of the molecule is Cc1cc(-n2c(C)cc(/C=C3/SC(=O)N(C)C3=O)c2C)ccc1I. The second-order valence-electron chi connectivity index (χ2n) is 5.84. The number of rotatable bonds is 2. The van der Waals surface area contributed by atoms with Gasteiger partial charge in [0.25, 0.3) is 11.1 Å². The third kappa shape index (κ3) is 2.93. The summed E-state index contributed by atoms with van der Waals surface area (Å²) in [6.45, 7) is 6.17. The molecule has 1 aliphatic rings. The van der Waals surface area contributed by atoms with Crippen molar-refractivity contribution in [1.29, 1.82) is 0 Å². The van der Waals surface area contributed by atoms with Gasteiger partial charge in [0.2, 0.25) is 0 Å². The third-order valence-corrected chi connectivity index (χ3v) is 6.31. The molecule has 2 aromatic rings. The molecule has 0 spiro atoms. The number of likely N-dealkylation sites (N-methyl/N-ethyl adjacent to an activating group) is 1. The van der Waals surface area contributed by atoms with Gasteiger partial charge in [-0.1, -0.05) is 0 Å². The van der Waals surface area contributed by atoms with Crippen LogP contribution in [-0.4, -0.2) is 27.7 Å². The molecule has 1 aliphatic heterocycles. The van der Waals surface area contributed by atoms with Crippen LogP contribution in [0, 0.1) is 24.3 Å². The summed E-state index contributed by atoms with van der Waals surface area (Å²) in [6.07, 6.45) is 1.81. The Bertz CT molecular complexity index is 899. The van der Waals surface area contributed by atoms with E-state index in [0.717, 1.165) is 39.3 Å². The molecule has 4 nitrogen and oxygen atoms in total. The minimum absolute atomic E-state index is 0.228. The van der Waals surface area contributed by atoms with E-state index in [1.54, 1.807) is 0 Å². The first kappa shape index (κ1) is 17.3. The fourth-order valence-electron chi connectivity index (χ4n) is 2.79. The summed E-state index contributed by atoms with van der Waals surface area (Å²) < 4.78 is 3.40. The predicted octanol–water partition coefficient (Wildman–Crippen LogP) is 4.67. The first-order valence-electron chi connectivity index (χ1n) is 7.46. The second-order valence-corrected chi connectivity index (χ2v) is 7.99. The van der Waals surface area contributed by atoms with Crippen LogP contribution < -0.4 is 0 Å². The lowest BCUT2D eigenvalue weighted by Crippen LogP contribution is -2.22. The summed E-state index contributed by atoms with van der Waals surface area (Å²) in [5.74, 6) is -0.236. The lowest BCUT2D eigenvalue weighted by atomic mass is 10.2. The molecule has 6 heteroatoms. The van der Waals surface area contributed by atoms with Crippen LogP contribution >= 0.6 is 34.4 Å². The van der Waals surface area contributed by atoms with Crippen LogP contribution in [0.15, 0.2) is 29.2 Å². The van der Waals surface area contributed by atoms with E-state index in [-0.39, 0.29) is 11.1 Å². The summed E-state index contributed by atoms with van der Waals surface area (Å²) in [7, 11) is 1.51. The molecule has 1 fully saturated rings. The summed E-state index contributed by atoms with van der Waals surface area (Å²) in [6, 6.07) is 8.41. The Morgan fingerprint density at radius 3 is 2.42 bits per heavy atom. The number of hydrogen-bond donors (Lipinski definition) is 0. The monoisotopic (exact) mass is 452 g/mol. The maximum atomic E-state index is 12.1. The van der Waals surface area contributed by atoms with Gasteiger partial charge in [0.1, 0.15) is 0 Å². The first-order chi connectivity index (χ1) is 11.3. The maximum absolute atomic E-state index is 12.1. The highest BCUT2D eigenvalue weighted by atomic mass is 127. The number of halogens is 1. The molecular formula is C18H17IN2O2S. The molecular weight excluding hydrogens is 435 g/mol. The molecule has 2 amide bonds. The van der Waals surface area contributed by atoms with Crippen molar-refractivity contribution in [3.8, 4) is 5.69 Å². The van der Waals surface area contributed by atoms with Crippen LogP contribution in [0.2, 0.25) is 0 Å². The molecule has 1 saturated heterocycles. The van der Waals surface area contributed by atoms with Crippen LogP contribution in [0.1, 0.15) is 22.5 Å². The number of amides is 2. The van der Waals surface area contributed by atoms with Crippen molar-refractivity contribution in [3.05, 3.63) is 55.3 Å². The normalized spacial score (nSPS) is 16.5. The van der Waals surface area contributed by atoms with Gasteiger partial charge in [-0.2, -0.15) is 0 Å². The maximum Gasteiger partial charge on any atom is 0.293 e. The number of imide groups is 1. The number of thioether (sulfide) groups is 1. The molecule has 0 aliphatic carbocycles. The van der Waals surface area contributed by atoms with Gasteiger partial charge in [0.05, 0.1) is 4.91 Å². The van der Waals surface area contributed by atoms with Crippen molar-refractivity contribution < 1.29 is 9.59 Å². The lowest BCUT2D eigenvalue weighted by Gasteiger charge is -2.11. The van der Waals surface area contributed by atoms with Crippen molar-refractivity contribution in [2.45, 2.75) is 20.8 Å². The summed E-state index contributed by atoms with van der Waals surface area (Å²) in [5, 5.41) is -0.228. The average molecular weight is 452 g/mol. The largest absolute Gasteiger partial charge is 0.318 e. The molecule has 0 unspecified atom stereocenters. The van der Waals surface area contributed by atoms with Gasteiger partial charge in [-0.15, -0.1) is 0 Å². The van der Waals surface area contributed by atoms with Crippen LogP contribution in [0.3, 0.4) is 0 Å². The molecule has 0 bridgehead atoms. The van der Waals surface area contributed by atoms with Gasteiger partial charge in [0.15, 0.2) is 0 Å². The highest BCUT2D eigenvalue weighted by molar-refractivity contribution is 14.1. The van der Waals surface area contributed by atoms with Gasteiger partial charge in [-0.05, 0) is 96.6 Å². The second kappa shape index (κ2) is 6.40. The van der Waals surface area contributed by atoms with Gasteiger partial charge >= 0.3 is 0 Å². The van der Waals surface area contributed by atoms with Crippen LogP contribution in [0.25, 0.3) is 11.8 Å². The standard InChI is InChI=1S/C18H17IN2O2S/c1-10-7-14(5-6-15(10)19)21-11(2)8-13(12(21)3)9-16-17(22)20(4)18(23)24-16/h5-9H,1-4H3/b16-9+. The topological polar surface area (TPSA) is 42.3 Å². The van der Waals surface area contributed by atoms with E-state index in [2.05, 4.69) is 52.3 Å². The molecule has 0 saturated carbocycles. The Labute approximate surface area is 159 Å². The fourth-order valence-corrected chi connectivity index (χ4v) is 3.94. The van der Waals surface area contributed by atoms with Crippen molar-refractivity contribution in [3.63, 3.8) is 0 Å². The minimum Gasteiger partial charge on any atom is -0.318 e. The Morgan fingerprint density at radius 1 is 1.12 bits per heavy atom. The van der Waals surface area contributed by atoms with Gasteiger partial charge in [-0.25, -0.2) is 0 Å². The number of carbonyl (C=O) groups is 2. The number of aromatic nitrogens is 1. The van der Waals surface area contributed by atoms with Gasteiger partial charge in [-0.3, -0.25) is 14.5 Å². The Morgan fingerprint density at radius 2 is 1.83 bits per heavy atom. The smallest absolute Gasteiger partial charge is 0.293 e. The van der Waals surface area contributed by atoms with E-state index in [4.69, 9.17) is 0 Å². The molecule has 124 valence electrons. The first-order valence-corrected chi connectivity index (χ1v) is 9.36. The number of hydrogen-bond acceptors (Lipinski definition) is 3. The average Bonchev–Trinajstić information content (AvgIpc) is 2.94. The molecule has 1 aromatic carbocycles. The molecule has 1 aromatic heterocycles. The Kier molecular flexibility index (Phi) is 4.61.